The Labute approximate surface area is 101 Å². The number of rotatable bonds is 3. The molecular weight excluding hydrogens is 396 g/mol. The van der Waals surface area contributed by atoms with Gasteiger partial charge in [0.2, 0.25) is 0 Å². The molecule has 0 aliphatic carbocycles. The second-order valence-electron chi connectivity index (χ2n) is 2.40. The number of hydrogen-bond acceptors (Lipinski definition) is 3. The fourth-order valence-electron chi connectivity index (χ4n) is 1.06. The quantitative estimate of drug-likeness (QED) is 0.290. The van der Waals surface area contributed by atoms with Crippen LogP contribution >= 0.6 is 22.9 Å². The van der Waals surface area contributed by atoms with Gasteiger partial charge >= 0.3 is 102 Å². The van der Waals surface area contributed by atoms with E-state index >= 15 is 0 Å². The minimum absolute atomic E-state index is 0.0647. The molecule has 0 saturated heterocycles. The van der Waals surface area contributed by atoms with Gasteiger partial charge in [0.05, 0.1) is 0 Å². The number of alkyl halides is 1. The first kappa shape index (κ1) is 9.78. The van der Waals surface area contributed by atoms with Crippen LogP contribution in [0.2, 0.25) is 0 Å². The zero-order valence-electron chi connectivity index (χ0n) is 6.72. The van der Waals surface area contributed by atoms with E-state index in [2.05, 4.69) is 38.5 Å². The second kappa shape index (κ2) is 4.65. The Bertz CT molecular complexity index is 306. The average molecular weight is 404 g/mol. The van der Waals surface area contributed by atoms with Gasteiger partial charge in [0.1, 0.15) is 0 Å². The van der Waals surface area contributed by atoms with Gasteiger partial charge in [-0.3, -0.25) is 0 Å². The van der Waals surface area contributed by atoms with E-state index in [0.717, 1.165) is 16.1 Å². The van der Waals surface area contributed by atoms with Crippen molar-refractivity contribution in [3.63, 3.8) is 0 Å². The van der Waals surface area contributed by atoms with Gasteiger partial charge in [-0.05, 0) is 0 Å². The summed E-state index contributed by atoms with van der Waals surface area (Å²) in [5, 5.41) is 0. The van der Waals surface area contributed by atoms with E-state index < -0.39 is 0 Å². The monoisotopic (exact) mass is 404 g/mol. The first-order chi connectivity index (χ1) is 6.40. The maximum atomic E-state index is 5.29. The summed E-state index contributed by atoms with van der Waals surface area (Å²) in [5.74, 6) is 1.76. The summed E-state index contributed by atoms with van der Waals surface area (Å²) >= 11 is 2.24. The second-order valence-corrected chi connectivity index (χ2v) is 5.93. The van der Waals surface area contributed by atoms with E-state index in [1.54, 1.807) is 0 Å². The summed E-state index contributed by atoms with van der Waals surface area (Å²) in [4.78, 5) is 0. The Hall–Kier alpha value is 0.240. The summed E-state index contributed by atoms with van der Waals surface area (Å²) < 4.78 is 16.1. The normalized spacial score (nSPS) is 13.6. The van der Waals surface area contributed by atoms with Gasteiger partial charge in [-0.25, -0.2) is 0 Å². The van der Waals surface area contributed by atoms with E-state index in [0.29, 0.717) is 6.79 Å². The molecule has 1 aromatic rings. The van der Waals surface area contributed by atoms with Crippen LogP contribution < -0.4 is 34.2 Å². The van der Waals surface area contributed by atoms with Crippen molar-refractivity contribution in [1.29, 1.82) is 0 Å². The van der Waals surface area contributed by atoms with E-state index in [1.807, 2.05) is 6.07 Å². The van der Waals surface area contributed by atoms with Crippen molar-refractivity contribution in [1.82, 2.24) is 3.53 Å². The Morgan fingerprint density at radius 3 is 3.08 bits per heavy atom. The third kappa shape index (κ3) is 2.38. The minimum atomic E-state index is 0.0647. The van der Waals surface area contributed by atoms with Crippen LogP contribution in [0.25, 0.3) is 0 Å². The Balaban J connectivity index is 2.12. The summed E-state index contributed by atoms with van der Waals surface area (Å²) in [6.07, 6.45) is 0. The predicted octanol–water partition coefficient (Wildman–Crippen LogP) is -1.43. The molecule has 0 spiro atoms. The molecule has 1 heterocycles. The number of ether oxygens (including phenoxy) is 2. The zero-order chi connectivity index (χ0) is 9.10. The van der Waals surface area contributed by atoms with Crippen LogP contribution in [0.4, 0.5) is 0 Å². The molecule has 1 aliphatic rings. The van der Waals surface area contributed by atoms with Crippen LogP contribution in [0.15, 0.2) is 18.2 Å². The van der Waals surface area contributed by atoms with Crippen LogP contribution in [-0.2, 0) is 0 Å². The molecule has 0 aromatic heterocycles. The molecule has 72 valence electrons. The first-order valence-corrected chi connectivity index (χ1v) is 7.41. The first-order valence-electron chi connectivity index (χ1n) is 3.72. The number of halogens is 2. The van der Waals surface area contributed by atoms with Gasteiger partial charge in [0.25, 0.3) is 0 Å². The number of nitrogens with one attached hydrogen (secondary N) is 1. The van der Waals surface area contributed by atoms with Crippen LogP contribution in [0, 0.1) is 3.57 Å². The molecule has 0 bridgehead atoms. The van der Waals surface area contributed by atoms with Gasteiger partial charge in [-0.1, -0.05) is 0 Å². The van der Waals surface area contributed by atoms with Crippen molar-refractivity contribution in [2.45, 2.75) is 0 Å². The molecule has 0 saturated carbocycles. The molecule has 2 rings (SSSR count). The standard InChI is InChI=1S/C8H8I2NO2/c9-11-4-10-6-1-2-7-8(3-6)13-5-12-7/h1-3,11H,4-5H2/q-1. The molecule has 0 fully saturated rings. The summed E-state index contributed by atoms with van der Waals surface area (Å²) in [6, 6.07) is 6.20. The fourth-order valence-corrected chi connectivity index (χ4v) is 3.54. The van der Waals surface area contributed by atoms with Crippen LogP contribution in [-0.4, -0.2) is 11.3 Å². The van der Waals surface area contributed by atoms with Crippen molar-refractivity contribution >= 4 is 22.9 Å². The summed E-state index contributed by atoms with van der Waals surface area (Å²) in [7, 11) is 0. The molecule has 1 aromatic carbocycles. The average Bonchev–Trinajstić information content (AvgIpc) is 2.61. The zero-order valence-corrected chi connectivity index (χ0v) is 11.0. The van der Waals surface area contributed by atoms with Gasteiger partial charge in [-0.2, -0.15) is 0 Å². The number of benzene rings is 1. The van der Waals surface area contributed by atoms with Crippen molar-refractivity contribution < 1.29 is 30.7 Å². The molecule has 5 heteroatoms. The molecular formula is C8H8I2NO2-. The van der Waals surface area contributed by atoms with Crippen molar-refractivity contribution in [2.24, 2.45) is 0 Å². The van der Waals surface area contributed by atoms with Crippen molar-refractivity contribution in [3.05, 3.63) is 21.8 Å². The van der Waals surface area contributed by atoms with Crippen LogP contribution in [0.5, 0.6) is 11.5 Å². The van der Waals surface area contributed by atoms with Crippen molar-refractivity contribution in [3.8, 4) is 11.5 Å². The molecule has 0 amide bonds. The van der Waals surface area contributed by atoms with E-state index in [1.165, 1.54) is 3.57 Å². The fraction of sp³-hybridized carbons (Fsp3) is 0.250. The molecule has 0 atom stereocenters. The summed E-state index contributed by atoms with van der Waals surface area (Å²) in [6.45, 7) is 0.363. The van der Waals surface area contributed by atoms with E-state index in [9.17, 15) is 0 Å². The Morgan fingerprint density at radius 1 is 1.38 bits per heavy atom. The Kier molecular flexibility index (Phi) is 3.50. The molecule has 3 nitrogen and oxygen atoms in total. The number of hydrogen-bond donors (Lipinski definition) is 1. The van der Waals surface area contributed by atoms with Crippen LogP contribution in [0.1, 0.15) is 0 Å². The number of fused-ring (bicyclic) bond motifs is 1. The predicted molar refractivity (Wildman–Crippen MR) is 53.3 cm³/mol. The third-order valence-corrected chi connectivity index (χ3v) is 5.76. The van der Waals surface area contributed by atoms with Gasteiger partial charge in [0.15, 0.2) is 0 Å². The van der Waals surface area contributed by atoms with Gasteiger partial charge < -0.3 is 0 Å². The molecule has 13 heavy (non-hydrogen) atoms. The van der Waals surface area contributed by atoms with E-state index in [4.69, 9.17) is 9.47 Å². The van der Waals surface area contributed by atoms with Gasteiger partial charge in [-0.15, -0.1) is 0 Å². The SMILES string of the molecule is INC[I-]c1ccc2c(c1)OCO2. The Morgan fingerprint density at radius 2 is 2.23 bits per heavy atom. The maximum absolute atomic E-state index is 5.29. The van der Waals surface area contributed by atoms with E-state index in [-0.39, 0.29) is 21.2 Å². The topological polar surface area (TPSA) is 30.5 Å². The molecule has 0 unspecified atom stereocenters. The molecule has 1 N–H and O–H groups in total. The summed E-state index contributed by atoms with van der Waals surface area (Å²) in [5.41, 5.74) is 0. The molecule has 0 radical (unpaired) electrons. The van der Waals surface area contributed by atoms with Gasteiger partial charge in [0, 0.05) is 0 Å². The molecule has 1 aliphatic heterocycles. The third-order valence-electron chi connectivity index (χ3n) is 1.61. The van der Waals surface area contributed by atoms with Crippen LogP contribution in [0.3, 0.4) is 0 Å². The van der Waals surface area contributed by atoms with Crippen molar-refractivity contribution in [2.75, 3.05) is 11.3 Å².